The Labute approximate surface area is 202 Å². The third-order valence-electron chi connectivity index (χ3n) is 4.07. The van der Waals surface area contributed by atoms with Gasteiger partial charge < -0.3 is 22.6 Å². The van der Waals surface area contributed by atoms with Gasteiger partial charge in [0.05, 0.1) is 6.10 Å². The van der Waals surface area contributed by atoms with Gasteiger partial charge in [-0.2, -0.15) is 12.6 Å². The molecule has 2 unspecified atom stereocenters. The first kappa shape index (κ1) is 26.1. The van der Waals surface area contributed by atoms with Gasteiger partial charge in [0.15, 0.2) is 0 Å². The lowest BCUT2D eigenvalue weighted by molar-refractivity contribution is 0.00372. The van der Waals surface area contributed by atoms with Crippen LogP contribution in [0.5, 0.6) is 28.7 Å². The van der Waals surface area contributed by atoms with Crippen LogP contribution < -0.4 is 22.6 Å². The third kappa shape index (κ3) is 8.98. The van der Waals surface area contributed by atoms with E-state index in [2.05, 4.69) is 14.2 Å². The Balaban J connectivity index is 1.83. The molecular formula is C23H22F2O8S2. The van der Waals surface area contributed by atoms with E-state index in [1.54, 1.807) is 24.3 Å². The van der Waals surface area contributed by atoms with E-state index in [0.29, 0.717) is 17.1 Å². The van der Waals surface area contributed by atoms with Crippen LogP contribution in [0.15, 0.2) is 72.8 Å². The van der Waals surface area contributed by atoms with Crippen molar-refractivity contribution < 1.29 is 43.0 Å². The summed E-state index contributed by atoms with van der Waals surface area (Å²) in [7, 11) is -9.33. The van der Waals surface area contributed by atoms with Crippen molar-refractivity contribution in [2.24, 2.45) is 0 Å². The first-order valence-electron chi connectivity index (χ1n) is 10.1. The lowest BCUT2D eigenvalue weighted by atomic mass is 10.2. The predicted octanol–water partition coefficient (Wildman–Crippen LogP) is 5.12. The van der Waals surface area contributed by atoms with Gasteiger partial charge in [-0.25, -0.2) is 0 Å². The highest BCUT2D eigenvalue weighted by molar-refractivity contribution is 7.91. The molecule has 0 N–H and O–H groups in total. The summed E-state index contributed by atoms with van der Waals surface area (Å²) < 4.78 is 84.5. The molecule has 2 atom stereocenters. The summed E-state index contributed by atoms with van der Waals surface area (Å²) in [5, 5.41) is 0. The number of rotatable bonds is 11. The minimum absolute atomic E-state index is 0.00842. The largest absolute Gasteiger partial charge is 0.491 e. The molecule has 0 aliphatic carbocycles. The molecule has 0 amide bonds. The van der Waals surface area contributed by atoms with Crippen LogP contribution in [0.1, 0.15) is 25.7 Å². The molecule has 3 rings (SSSR count). The van der Waals surface area contributed by atoms with E-state index in [4.69, 9.17) is 14.2 Å². The highest BCUT2D eigenvalue weighted by Crippen LogP contribution is 2.30. The number of ether oxygens (including phenoxy) is 3. The molecule has 188 valence electrons. The Morgan fingerprint density at radius 3 is 1.40 bits per heavy atom. The van der Waals surface area contributed by atoms with Crippen LogP contribution in [0.2, 0.25) is 0 Å². The maximum Gasteiger partial charge on any atom is 0.488 e. The molecule has 3 aromatic rings. The molecule has 0 saturated carbocycles. The number of hydrogen-bond acceptors (Lipinski definition) is 8. The van der Waals surface area contributed by atoms with Crippen LogP contribution in [0.25, 0.3) is 0 Å². The van der Waals surface area contributed by atoms with Crippen molar-refractivity contribution in [1.82, 2.24) is 0 Å². The molecule has 8 nitrogen and oxygen atoms in total. The number of halogens is 2. The highest BCUT2D eigenvalue weighted by atomic mass is 32.3. The van der Waals surface area contributed by atoms with E-state index in [0.717, 1.165) is 0 Å². The monoisotopic (exact) mass is 528 g/mol. The van der Waals surface area contributed by atoms with Crippen LogP contribution in [-0.2, 0) is 20.7 Å². The summed E-state index contributed by atoms with van der Waals surface area (Å²) in [6.45, 7) is 3.79. The molecule has 3 aromatic carbocycles. The molecule has 0 bridgehead atoms. The lowest BCUT2D eigenvalue weighted by Crippen LogP contribution is -2.15. The van der Waals surface area contributed by atoms with Crippen LogP contribution in [0.3, 0.4) is 0 Å². The van der Waals surface area contributed by atoms with Crippen LogP contribution in [-0.4, -0.2) is 24.6 Å². The van der Waals surface area contributed by atoms with Gasteiger partial charge in [0, 0.05) is 11.4 Å². The zero-order valence-corrected chi connectivity index (χ0v) is 20.3. The maximum absolute atomic E-state index is 13.1. The Kier molecular flexibility index (Phi) is 8.07. The predicted molar refractivity (Wildman–Crippen MR) is 127 cm³/mol. The first-order chi connectivity index (χ1) is 16.4. The molecule has 0 saturated heterocycles. The van der Waals surface area contributed by atoms with Gasteiger partial charge >= 0.3 is 10.5 Å². The van der Waals surface area contributed by atoms with Crippen molar-refractivity contribution in [1.29, 1.82) is 0 Å². The van der Waals surface area contributed by atoms with E-state index in [1.165, 1.54) is 48.5 Å². The van der Waals surface area contributed by atoms with Crippen molar-refractivity contribution in [2.45, 2.75) is 26.2 Å². The Bertz CT molecular complexity index is 1240. The van der Waals surface area contributed by atoms with Crippen molar-refractivity contribution in [3.63, 3.8) is 0 Å². The molecule has 35 heavy (non-hydrogen) atoms. The summed E-state index contributed by atoms with van der Waals surface area (Å²) in [6, 6.07) is 17.7. The van der Waals surface area contributed by atoms with Gasteiger partial charge in [-0.15, -0.1) is 3.89 Å². The van der Waals surface area contributed by atoms with Crippen molar-refractivity contribution in [3.05, 3.63) is 78.4 Å². The average molecular weight is 529 g/mol. The quantitative estimate of drug-likeness (QED) is 0.192. The topological polar surface area (TPSA) is 97.4 Å². The van der Waals surface area contributed by atoms with E-state index in [9.17, 15) is 20.4 Å². The SMILES string of the molecule is C=S(=O)(F)Oc1ccc(OC(Oc2ccc(OS(=O)(=O)F)cc2)c2ccc(OC(C)C)cc2)cc1. The highest BCUT2D eigenvalue weighted by Gasteiger charge is 2.17. The molecule has 12 heteroatoms. The van der Waals surface area contributed by atoms with Crippen molar-refractivity contribution in [3.8, 4) is 28.7 Å². The van der Waals surface area contributed by atoms with Crippen molar-refractivity contribution >= 4 is 26.6 Å². The van der Waals surface area contributed by atoms with Crippen LogP contribution >= 0.6 is 0 Å². The first-order valence-corrected chi connectivity index (χ1v) is 12.9. The molecule has 0 aliphatic heterocycles. The zero-order chi connectivity index (χ0) is 25.6. The second-order valence-corrected chi connectivity index (χ2v) is 9.54. The van der Waals surface area contributed by atoms with Crippen LogP contribution in [0, 0.1) is 0 Å². The molecular weight excluding hydrogens is 506 g/mol. The molecule has 0 fully saturated rings. The summed E-state index contributed by atoms with van der Waals surface area (Å²) in [6.07, 6.45) is -1.01. The van der Waals surface area contributed by atoms with Gasteiger partial charge in [-0.3, -0.25) is 0 Å². The normalized spacial score (nSPS) is 14.0. The Morgan fingerprint density at radius 2 is 1.00 bits per heavy atom. The van der Waals surface area contributed by atoms with E-state index in [-0.39, 0.29) is 23.4 Å². The van der Waals surface area contributed by atoms with Gasteiger partial charge in [-0.05, 0) is 86.6 Å². The molecule has 0 radical (unpaired) electrons. The van der Waals surface area contributed by atoms with Crippen LogP contribution in [0.4, 0.5) is 7.77 Å². The van der Waals surface area contributed by atoms with E-state index < -0.39 is 27.0 Å². The second kappa shape index (κ2) is 10.8. The lowest BCUT2D eigenvalue weighted by Gasteiger charge is -2.21. The standard InChI is InChI=1S/C23H22F2O8S2/c1-16(2)29-18-6-4-17(5-7-18)23(30-19-8-12-21(13-9-19)32-34(3,24)26)31-20-10-14-22(15-11-20)33-35(25,27)28/h4-16,23H,3H2,1-2H3. The fraction of sp³-hybridized carbons (Fsp3) is 0.174. The van der Waals surface area contributed by atoms with Crippen molar-refractivity contribution in [2.75, 3.05) is 0 Å². The summed E-state index contributed by atoms with van der Waals surface area (Å²) in [4.78, 5) is 0. The van der Waals surface area contributed by atoms with Gasteiger partial charge in [0.2, 0.25) is 0 Å². The molecule has 0 heterocycles. The fourth-order valence-corrected chi connectivity index (χ4v) is 3.53. The Hall–Kier alpha value is -3.51. The zero-order valence-electron chi connectivity index (χ0n) is 18.6. The minimum Gasteiger partial charge on any atom is -0.491 e. The summed E-state index contributed by atoms with van der Waals surface area (Å²) >= 11 is 0. The smallest absolute Gasteiger partial charge is 0.488 e. The molecule has 0 aliphatic rings. The maximum atomic E-state index is 13.1. The Morgan fingerprint density at radius 1 is 0.629 bits per heavy atom. The molecule has 0 aromatic heterocycles. The van der Waals surface area contributed by atoms with Gasteiger partial charge in [0.1, 0.15) is 28.7 Å². The van der Waals surface area contributed by atoms with E-state index in [1.807, 2.05) is 13.8 Å². The van der Waals surface area contributed by atoms with Gasteiger partial charge in [-0.1, -0.05) is 3.89 Å². The molecule has 0 spiro atoms. The fourth-order valence-electron chi connectivity index (χ4n) is 2.79. The number of benzene rings is 3. The second-order valence-electron chi connectivity index (χ2n) is 7.34. The third-order valence-corrected chi connectivity index (χ3v) is 4.91. The summed E-state index contributed by atoms with van der Waals surface area (Å²) in [5.74, 6) is 3.75. The minimum atomic E-state index is -5.16. The number of hydrogen-bond donors (Lipinski definition) is 0. The van der Waals surface area contributed by atoms with E-state index >= 15 is 0 Å². The average Bonchev–Trinajstić information content (AvgIpc) is 2.74. The van der Waals surface area contributed by atoms with Gasteiger partial charge in [0.25, 0.3) is 16.5 Å². The summed E-state index contributed by atoms with van der Waals surface area (Å²) in [5.41, 5.74) is 0.595.